The molecule has 0 aliphatic heterocycles. The Hall–Kier alpha value is -6.59. The zero-order chi connectivity index (χ0) is 33.2. The lowest BCUT2D eigenvalue weighted by molar-refractivity contribution is 0.660. The number of nitrogens with two attached hydrogens (primary N) is 1. The summed E-state index contributed by atoms with van der Waals surface area (Å²) in [6.07, 6.45) is 0. The summed E-state index contributed by atoms with van der Waals surface area (Å²) in [4.78, 5) is 22.9. The molecule has 234 valence electrons. The van der Waals surface area contributed by atoms with Gasteiger partial charge in [-0.05, 0) is 68.9 Å². The van der Waals surface area contributed by atoms with Crippen molar-refractivity contribution in [2.45, 2.75) is 6.54 Å². The van der Waals surface area contributed by atoms with Crippen LogP contribution in [-0.4, -0.2) is 11.7 Å². The van der Waals surface area contributed by atoms with Crippen LogP contribution in [0.25, 0.3) is 55.0 Å². The number of amidine groups is 2. The van der Waals surface area contributed by atoms with Gasteiger partial charge in [-0.1, -0.05) is 133 Å². The van der Waals surface area contributed by atoms with Crippen LogP contribution < -0.4 is 11.2 Å². The highest BCUT2D eigenvalue weighted by atomic mass is 16.3. The second-order valence-corrected chi connectivity index (χ2v) is 12.0. The maximum atomic E-state index is 13.2. The van der Waals surface area contributed by atoms with Crippen LogP contribution in [-0.2, 0) is 6.54 Å². The highest BCUT2D eigenvalue weighted by Crippen LogP contribution is 2.28. The van der Waals surface area contributed by atoms with Gasteiger partial charge in [-0.15, -0.1) is 0 Å². The van der Waals surface area contributed by atoms with E-state index in [9.17, 15) is 4.79 Å². The molecule has 49 heavy (non-hydrogen) atoms. The number of aliphatic imine (C=N–C) groups is 2. The van der Waals surface area contributed by atoms with Crippen LogP contribution in [0.5, 0.6) is 0 Å². The number of para-hydroxylation sites is 1. The van der Waals surface area contributed by atoms with Gasteiger partial charge in [0.05, 0.1) is 17.3 Å². The van der Waals surface area contributed by atoms with Crippen molar-refractivity contribution in [2.75, 3.05) is 0 Å². The van der Waals surface area contributed by atoms with Crippen LogP contribution in [0, 0.1) is 0 Å². The highest BCUT2D eigenvalue weighted by molar-refractivity contribution is 6.12. The summed E-state index contributed by atoms with van der Waals surface area (Å²) in [6, 6.07) is 54.2. The summed E-state index contributed by atoms with van der Waals surface area (Å²) >= 11 is 0. The maximum absolute atomic E-state index is 13.2. The number of nitrogens with zero attached hydrogens (tertiary/aromatic N) is 2. The Morgan fingerprint density at radius 3 is 1.90 bits per heavy atom. The minimum absolute atomic E-state index is 0.0231. The first-order valence-electron chi connectivity index (χ1n) is 16.2. The van der Waals surface area contributed by atoms with Crippen molar-refractivity contribution in [3.05, 3.63) is 191 Å². The molecule has 1 heterocycles. The molecule has 8 aromatic rings. The van der Waals surface area contributed by atoms with Gasteiger partial charge in [0, 0.05) is 11.1 Å². The van der Waals surface area contributed by atoms with Crippen LogP contribution in [0.2, 0.25) is 0 Å². The third-order valence-electron chi connectivity index (χ3n) is 8.80. The van der Waals surface area contributed by atoms with Gasteiger partial charge in [0.2, 0.25) is 5.43 Å². The minimum atomic E-state index is -0.0231. The number of benzene rings is 7. The SMILES string of the molecule is NC(=NC(=NCc1ccccc1)c1ccc2ccccc2c1)c1ccc(-c2ccc(-c3ccc4oc5ccccc5c(=O)c4c3)cc2)cc1. The van der Waals surface area contributed by atoms with Crippen LogP contribution >= 0.6 is 0 Å². The average Bonchev–Trinajstić information content (AvgIpc) is 3.17. The van der Waals surface area contributed by atoms with Crippen molar-refractivity contribution in [1.29, 1.82) is 0 Å². The van der Waals surface area contributed by atoms with Gasteiger partial charge in [0.15, 0.2) is 5.84 Å². The Bertz CT molecular complexity index is 2580. The maximum Gasteiger partial charge on any atom is 0.200 e. The fourth-order valence-corrected chi connectivity index (χ4v) is 6.12. The molecule has 5 nitrogen and oxygen atoms in total. The Labute approximate surface area is 283 Å². The first-order chi connectivity index (χ1) is 24.1. The quantitative estimate of drug-likeness (QED) is 0.112. The molecule has 0 saturated heterocycles. The van der Waals surface area contributed by atoms with Crippen molar-refractivity contribution in [3.63, 3.8) is 0 Å². The topological polar surface area (TPSA) is 80.9 Å². The summed E-state index contributed by atoms with van der Waals surface area (Å²) in [5, 5.41) is 3.44. The third kappa shape index (κ3) is 6.13. The lowest BCUT2D eigenvalue weighted by Crippen LogP contribution is -2.16. The summed E-state index contributed by atoms with van der Waals surface area (Å²) < 4.78 is 5.99. The van der Waals surface area contributed by atoms with Crippen LogP contribution in [0.3, 0.4) is 0 Å². The lowest BCUT2D eigenvalue weighted by Gasteiger charge is -2.09. The molecular formula is C44H31N3O2. The first-order valence-corrected chi connectivity index (χ1v) is 16.2. The molecule has 0 fully saturated rings. The normalized spacial score (nSPS) is 12.2. The predicted molar refractivity (Wildman–Crippen MR) is 202 cm³/mol. The van der Waals surface area contributed by atoms with Gasteiger partial charge < -0.3 is 10.2 Å². The molecule has 0 saturated carbocycles. The second kappa shape index (κ2) is 12.9. The van der Waals surface area contributed by atoms with E-state index >= 15 is 0 Å². The standard InChI is InChI=1S/C44H31N3O2/c45-43(47-44(46-28-29-8-2-1-3-9-29)37-23-20-30-10-4-5-11-35(30)26-37)34-21-18-32(19-22-34)31-14-16-33(17-15-31)36-24-25-41-39(27-36)42(48)38-12-6-7-13-40(38)49-41/h1-27H,28H2,(H2,45,46,47). The van der Waals surface area contributed by atoms with E-state index in [2.05, 4.69) is 72.8 Å². The van der Waals surface area contributed by atoms with Crippen molar-refractivity contribution in [1.82, 2.24) is 0 Å². The Morgan fingerprint density at radius 1 is 0.531 bits per heavy atom. The van der Waals surface area contributed by atoms with E-state index in [0.29, 0.717) is 40.2 Å². The number of hydrogen-bond acceptors (Lipinski definition) is 3. The molecule has 5 heteroatoms. The number of rotatable bonds is 6. The van der Waals surface area contributed by atoms with E-state index in [1.807, 2.05) is 84.9 Å². The van der Waals surface area contributed by atoms with Gasteiger partial charge >= 0.3 is 0 Å². The van der Waals surface area contributed by atoms with E-state index in [1.54, 1.807) is 6.07 Å². The Balaban J connectivity index is 1.06. The van der Waals surface area contributed by atoms with E-state index in [-0.39, 0.29) is 5.43 Å². The first kappa shape index (κ1) is 29.8. The van der Waals surface area contributed by atoms with Gasteiger partial charge in [0.25, 0.3) is 0 Å². The zero-order valence-electron chi connectivity index (χ0n) is 26.6. The van der Waals surface area contributed by atoms with Gasteiger partial charge in [-0.3, -0.25) is 9.79 Å². The van der Waals surface area contributed by atoms with E-state index in [0.717, 1.165) is 49.7 Å². The summed E-state index contributed by atoms with van der Waals surface area (Å²) in [6.45, 7) is 0.498. The van der Waals surface area contributed by atoms with Gasteiger partial charge in [-0.25, -0.2) is 4.99 Å². The molecule has 0 atom stereocenters. The van der Waals surface area contributed by atoms with E-state index in [1.165, 1.54) is 0 Å². The Kier molecular flexibility index (Phi) is 7.84. The minimum Gasteiger partial charge on any atom is -0.456 e. The largest absolute Gasteiger partial charge is 0.456 e. The Morgan fingerprint density at radius 2 is 1.12 bits per heavy atom. The van der Waals surface area contributed by atoms with Crippen molar-refractivity contribution in [2.24, 2.45) is 15.7 Å². The second-order valence-electron chi connectivity index (χ2n) is 12.0. The molecule has 0 spiro atoms. The van der Waals surface area contributed by atoms with E-state index < -0.39 is 0 Å². The highest BCUT2D eigenvalue weighted by Gasteiger charge is 2.11. The van der Waals surface area contributed by atoms with Crippen molar-refractivity contribution in [3.8, 4) is 22.3 Å². The molecule has 2 N–H and O–H groups in total. The third-order valence-corrected chi connectivity index (χ3v) is 8.80. The summed E-state index contributed by atoms with van der Waals surface area (Å²) in [7, 11) is 0. The average molecular weight is 634 g/mol. The van der Waals surface area contributed by atoms with Crippen LogP contribution in [0.1, 0.15) is 16.7 Å². The zero-order valence-corrected chi connectivity index (χ0v) is 26.6. The fourth-order valence-electron chi connectivity index (χ4n) is 6.12. The smallest absolute Gasteiger partial charge is 0.200 e. The molecule has 0 unspecified atom stereocenters. The molecule has 0 aliphatic rings. The summed E-state index contributed by atoms with van der Waals surface area (Å²) in [5.41, 5.74) is 14.7. The molecule has 0 aliphatic carbocycles. The molecule has 8 rings (SSSR count). The van der Waals surface area contributed by atoms with Crippen molar-refractivity contribution < 1.29 is 4.42 Å². The predicted octanol–water partition coefficient (Wildman–Crippen LogP) is 9.79. The molecule has 0 bridgehead atoms. The van der Waals surface area contributed by atoms with Crippen LogP contribution in [0.4, 0.5) is 0 Å². The molecule has 0 amide bonds. The molecule has 7 aromatic carbocycles. The molecule has 1 aromatic heterocycles. The van der Waals surface area contributed by atoms with Gasteiger partial charge in [0.1, 0.15) is 17.0 Å². The fraction of sp³-hybridized carbons (Fsp3) is 0.0227. The number of fused-ring (bicyclic) bond motifs is 3. The molecular weight excluding hydrogens is 603 g/mol. The van der Waals surface area contributed by atoms with E-state index in [4.69, 9.17) is 20.1 Å². The monoisotopic (exact) mass is 633 g/mol. The van der Waals surface area contributed by atoms with Crippen molar-refractivity contribution >= 4 is 44.4 Å². The van der Waals surface area contributed by atoms with Crippen LogP contribution in [0.15, 0.2) is 183 Å². The molecule has 0 radical (unpaired) electrons. The van der Waals surface area contributed by atoms with Gasteiger partial charge in [-0.2, -0.15) is 0 Å². The number of hydrogen-bond donors (Lipinski definition) is 1. The summed E-state index contributed by atoms with van der Waals surface area (Å²) in [5.74, 6) is 0.988. The lowest BCUT2D eigenvalue weighted by atomic mass is 9.98.